The van der Waals surface area contributed by atoms with Gasteiger partial charge in [-0.3, -0.25) is 0 Å². The first-order valence-electron chi connectivity index (χ1n) is 49.8. The van der Waals surface area contributed by atoms with Crippen LogP contribution in [0.2, 0.25) is 0 Å². The largest absolute Gasteiger partial charge is 0.208 e. The molecule has 0 spiro atoms. The Balaban J connectivity index is 0.000000107. The van der Waals surface area contributed by atoms with Crippen LogP contribution < -0.4 is 0 Å². The minimum atomic E-state index is 0.639. The van der Waals surface area contributed by atoms with Crippen molar-refractivity contribution in [3.05, 3.63) is 504 Å². The minimum Gasteiger partial charge on any atom is -0.208 e. The van der Waals surface area contributed by atoms with E-state index in [-0.39, 0.29) is 0 Å². The lowest BCUT2D eigenvalue weighted by Gasteiger charge is -2.15. The molecule has 5 heterocycles. The molecule has 0 aliphatic carbocycles. The molecule has 0 fully saturated rings. The molecule has 9 nitrogen and oxygen atoms in total. The normalized spacial score (nSPS) is 11.6. The lowest BCUT2D eigenvalue weighted by atomic mass is 9.93. The van der Waals surface area contributed by atoms with Crippen molar-refractivity contribution in [3.8, 4) is 136 Å². The summed E-state index contributed by atoms with van der Waals surface area (Å²) in [5.74, 6) is 5.89. The molecule has 0 saturated heterocycles. The molecule has 25 aromatic carbocycles. The molecule has 148 heavy (non-hydrogen) atoms. The Hall–Kier alpha value is -19.2. The molecule has 0 N–H and O–H groups in total. The van der Waals surface area contributed by atoms with Gasteiger partial charge in [0.15, 0.2) is 52.4 Å². The van der Waals surface area contributed by atoms with Crippen LogP contribution in [-0.2, 0) is 0 Å². The van der Waals surface area contributed by atoms with Gasteiger partial charge in [0.25, 0.3) is 0 Å². The molecular formula is C137H83N9S2. The molecular weight excluding hydrogens is 1840 g/mol. The minimum absolute atomic E-state index is 0.639. The average Bonchev–Trinajstić information content (AvgIpc) is 0.852. The summed E-state index contributed by atoms with van der Waals surface area (Å²) in [6.45, 7) is 0. The molecule has 688 valence electrons. The van der Waals surface area contributed by atoms with Crippen LogP contribution in [0.4, 0.5) is 0 Å². The van der Waals surface area contributed by atoms with E-state index in [0.29, 0.717) is 52.4 Å². The number of thiophene rings is 2. The highest BCUT2D eigenvalue weighted by Gasteiger charge is 2.25. The maximum Gasteiger partial charge on any atom is 0.164 e. The van der Waals surface area contributed by atoms with Crippen LogP contribution in [0.3, 0.4) is 0 Å². The molecule has 5 aromatic heterocycles. The third-order valence-corrected chi connectivity index (χ3v) is 31.2. The monoisotopic (exact) mass is 1920 g/mol. The van der Waals surface area contributed by atoms with E-state index in [4.69, 9.17) is 44.9 Å². The molecule has 0 radical (unpaired) electrons. The standard InChI is InChI=1S/C51H31N3.C45H27N3S.C41H25N3S/c1-5-17-38-32(12-1)15-11-23-46(38)50-52-49(53-51(54-50)48-31-35-14-3-6-18-39(35)41-20-8-9-21-42(41)48)45-22-10-7-19-40(45)36-25-24-34-27-28-43-37-16-4-2-13-33(37)26-29-44(43)47(34)30-36;1-2-11-29(12-3-1)43-46-44(33-21-23-42-39(26-33)38-16-8-9-17-41(38)49-42)48-45(47-43)40-27-34(25-31-13-5-7-15-36(31)40)30-20-22-37-32(24-30)19-18-28-10-4-6-14-35(28)37;1-2-10-28(11-3-1)39-42-40(44-41(43-39)32-21-22-35-34-15-6-7-16-37(34)45-38(35)25-32)31-13-8-12-29(23-31)30-20-19-27-18-17-26-9-4-5-14-33(26)36(27)24-30/h1-31H;1-27H;1-25H. The van der Waals surface area contributed by atoms with Crippen molar-refractivity contribution < 1.29 is 0 Å². The summed E-state index contributed by atoms with van der Waals surface area (Å²) < 4.78 is 5.04. The molecule has 0 bridgehead atoms. The first-order chi connectivity index (χ1) is 73.3. The van der Waals surface area contributed by atoms with E-state index in [1.54, 1.807) is 11.3 Å². The third kappa shape index (κ3) is 15.9. The van der Waals surface area contributed by atoms with Crippen molar-refractivity contribution in [2.75, 3.05) is 0 Å². The molecule has 30 aromatic rings. The molecule has 0 aliphatic rings. The number of hydrogen-bond donors (Lipinski definition) is 0. The molecule has 30 rings (SSSR count). The number of benzene rings is 25. The Morgan fingerprint density at radius 1 is 0.101 bits per heavy atom. The van der Waals surface area contributed by atoms with E-state index >= 15 is 0 Å². The van der Waals surface area contributed by atoms with Gasteiger partial charge in [-0.2, -0.15) is 0 Å². The SMILES string of the molecule is c1ccc(-c2nc(-c3ccc4sc5ccccc5c4c3)nc(-c3cc(-c4ccc5c(ccc6ccccc65)c4)cc4ccccc34)n2)cc1.c1ccc(-c2nc(-c3cccc(-c4ccc5ccc6ccccc6c5c4)c3)nc(-c3ccc4c(c3)sc3ccccc34)n2)cc1.c1ccc(-c2nc(-c3cccc4ccccc34)nc(-c3cc4ccccc4c4ccccc34)n2)c(-c2ccc3ccc4c5ccccc5ccc4c3c2)c1. The van der Waals surface area contributed by atoms with Crippen LogP contribution in [0.25, 0.3) is 295 Å². The van der Waals surface area contributed by atoms with Crippen LogP contribution in [0.15, 0.2) is 504 Å². The highest BCUT2D eigenvalue weighted by atomic mass is 32.1. The fourth-order valence-corrected chi connectivity index (χ4v) is 23.8. The summed E-state index contributed by atoms with van der Waals surface area (Å²) in [4.78, 5) is 46.4. The van der Waals surface area contributed by atoms with E-state index < -0.39 is 0 Å². The summed E-state index contributed by atoms with van der Waals surface area (Å²) in [5, 5.41) is 31.6. The van der Waals surface area contributed by atoms with Gasteiger partial charge < -0.3 is 0 Å². The zero-order chi connectivity index (χ0) is 97.6. The van der Waals surface area contributed by atoms with E-state index in [2.05, 4.69) is 455 Å². The smallest absolute Gasteiger partial charge is 0.164 e. The van der Waals surface area contributed by atoms with Crippen LogP contribution >= 0.6 is 22.7 Å². The van der Waals surface area contributed by atoms with E-state index in [0.717, 1.165) is 116 Å². The molecule has 0 aliphatic heterocycles. The van der Waals surface area contributed by atoms with E-state index in [1.165, 1.54) is 127 Å². The summed E-state index contributed by atoms with van der Waals surface area (Å²) in [7, 11) is 0. The Kier molecular flexibility index (Phi) is 21.5. The lowest BCUT2D eigenvalue weighted by molar-refractivity contribution is 1.07. The summed E-state index contributed by atoms with van der Waals surface area (Å²) in [5.41, 5.74) is 15.5. The third-order valence-electron chi connectivity index (χ3n) is 28.9. The molecule has 0 unspecified atom stereocenters. The summed E-state index contributed by atoms with van der Waals surface area (Å²) >= 11 is 3.62. The maximum absolute atomic E-state index is 5.35. The lowest BCUT2D eigenvalue weighted by Crippen LogP contribution is -2.02. The van der Waals surface area contributed by atoms with Gasteiger partial charge in [0.05, 0.1) is 0 Å². The Morgan fingerprint density at radius 3 is 1.03 bits per heavy atom. The topological polar surface area (TPSA) is 116 Å². The Bertz CT molecular complexity index is 10600. The molecule has 0 atom stereocenters. The van der Waals surface area contributed by atoms with Crippen LogP contribution in [-0.4, -0.2) is 44.9 Å². The fraction of sp³-hybridized carbons (Fsp3) is 0. The second-order valence-corrected chi connectivity index (χ2v) is 39.9. The van der Waals surface area contributed by atoms with Crippen molar-refractivity contribution in [1.82, 2.24) is 44.9 Å². The van der Waals surface area contributed by atoms with Crippen molar-refractivity contribution in [2.24, 2.45) is 0 Å². The average molecular weight is 1920 g/mol. The zero-order valence-corrected chi connectivity index (χ0v) is 81.4. The van der Waals surface area contributed by atoms with Crippen molar-refractivity contribution in [3.63, 3.8) is 0 Å². The van der Waals surface area contributed by atoms with E-state index in [9.17, 15) is 0 Å². The predicted octanol–water partition coefficient (Wildman–Crippen LogP) is 37.0. The highest BCUT2D eigenvalue weighted by Crippen LogP contribution is 2.46. The fourth-order valence-electron chi connectivity index (χ4n) is 21.6. The van der Waals surface area contributed by atoms with Crippen molar-refractivity contribution >= 4 is 182 Å². The quantitative estimate of drug-likeness (QED) is 0.110. The van der Waals surface area contributed by atoms with Gasteiger partial charge in [0.1, 0.15) is 0 Å². The number of aromatic nitrogens is 9. The maximum atomic E-state index is 5.35. The first-order valence-corrected chi connectivity index (χ1v) is 51.4. The Morgan fingerprint density at radius 2 is 0.385 bits per heavy atom. The first kappa shape index (κ1) is 86.7. The van der Waals surface area contributed by atoms with Crippen molar-refractivity contribution in [1.29, 1.82) is 0 Å². The van der Waals surface area contributed by atoms with Gasteiger partial charge in [-0.1, -0.05) is 425 Å². The van der Waals surface area contributed by atoms with Gasteiger partial charge in [-0.15, -0.1) is 22.7 Å². The molecule has 0 saturated carbocycles. The number of hydrogen-bond acceptors (Lipinski definition) is 11. The predicted molar refractivity (Wildman–Crippen MR) is 623 cm³/mol. The van der Waals surface area contributed by atoms with Gasteiger partial charge in [0, 0.05) is 90.4 Å². The highest BCUT2D eigenvalue weighted by molar-refractivity contribution is 7.26. The van der Waals surface area contributed by atoms with Crippen LogP contribution in [0.5, 0.6) is 0 Å². The van der Waals surface area contributed by atoms with Crippen LogP contribution in [0, 0.1) is 0 Å². The number of fused-ring (bicyclic) bond motifs is 22. The van der Waals surface area contributed by atoms with E-state index in [1.807, 2.05) is 59.9 Å². The second-order valence-electron chi connectivity index (χ2n) is 37.7. The zero-order valence-electron chi connectivity index (χ0n) is 79.8. The summed E-state index contributed by atoms with van der Waals surface area (Å²) in [6.07, 6.45) is 0. The molecule has 0 amide bonds. The number of rotatable bonds is 12. The summed E-state index contributed by atoms with van der Waals surface area (Å²) in [6, 6.07) is 179. The van der Waals surface area contributed by atoms with Gasteiger partial charge in [-0.05, 0) is 231 Å². The number of nitrogens with zero attached hydrogens (tertiary/aromatic N) is 9. The van der Waals surface area contributed by atoms with Gasteiger partial charge in [-0.25, -0.2) is 44.9 Å². The molecule has 11 heteroatoms. The van der Waals surface area contributed by atoms with Gasteiger partial charge >= 0.3 is 0 Å². The van der Waals surface area contributed by atoms with Gasteiger partial charge in [0.2, 0.25) is 0 Å². The Labute approximate surface area is 859 Å². The van der Waals surface area contributed by atoms with Crippen molar-refractivity contribution in [2.45, 2.75) is 0 Å². The second kappa shape index (κ2) is 36.7. The van der Waals surface area contributed by atoms with Crippen LogP contribution in [0.1, 0.15) is 0 Å².